The molecule has 4 fully saturated rings. The predicted octanol–water partition coefficient (Wildman–Crippen LogP) is 5.08. The molecule has 3 N–H and O–H groups in total. The normalized spacial score (nSPS) is 23.8. The van der Waals surface area contributed by atoms with Crippen molar-refractivity contribution in [3.8, 4) is 5.75 Å². The van der Waals surface area contributed by atoms with Gasteiger partial charge in [0.1, 0.15) is 11.1 Å². The first kappa shape index (κ1) is 45.3. The molecule has 1 aliphatic carbocycles. The van der Waals surface area contributed by atoms with Crippen molar-refractivity contribution in [3.63, 3.8) is 0 Å². The predicted molar refractivity (Wildman–Crippen MR) is 247 cm³/mol. The molecule has 2 aromatic heterocycles. The lowest BCUT2D eigenvalue weighted by Crippen LogP contribution is -2.59. The number of hydrogen-bond acceptors (Lipinski definition) is 13. The number of likely N-dealkylation sites (N-methyl/N-ethyl adjacent to an activating group) is 1. The highest BCUT2D eigenvalue weighted by Crippen LogP contribution is 2.42. The molecule has 0 unspecified atom stereocenters. The number of ether oxygens (including phenoxy) is 2. The van der Waals surface area contributed by atoms with Crippen LogP contribution >= 0.6 is 11.6 Å². The molecule has 5 aliphatic rings. The van der Waals surface area contributed by atoms with Gasteiger partial charge in [0, 0.05) is 86.5 Å². The molecule has 3 atom stereocenters. The molecule has 1 saturated carbocycles. The average molecular weight is 927 g/mol. The van der Waals surface area contributed by atoms with Crippen LogP contribution in [0.2, 0.25) is 5.02 Å². The van der Waals surface area contributed by atoms with E-state index in [2.05, 4.69) is 42.6 Å². The van der Waals surface area contributed by atoms with E-state index in [4.69, 9.17) is 26.1 Å². The maximum absolute atomic E-state index is 16.4. The largest absolute Gasteiger partial charge is 0.478 e. The lowest BCUT2D eigenvalue weighted by Gasteiger charge is -2.49. The van der Waals surface area contributed by atoms with Crippen molar-refractivity contribution in [3.05, 3.63) is 74.9 Å². The zero-order chi connectivity index (χ0) is 46.6. The Hall–Kier alpha value is -5.85. The van der Waals surface area contributed by atoms with Gasteiger partial charge in [0.15, 0.2) is 24.0 Å². The third kappa shape index (κ3) is 8.65. The highest BCUT2D eigenvalue weighted by molar-refractivity contribution is 6.33. The number of halogens is 2. The molecule has 0 radical (unpaired) electrons. The number of carbonyl (C=O) groups is 4. The summed E-state index contributed by atoms with van der Waals surface area (Å²) in [4.78, 5) is 80.4. The van der Waals surface area contributed by atoms with Crippen LogP contribution in [0.5, 0.6) is 5.75 Å². The van der Waals surface area contributed by atoms with Crippen molar-refractivity contribution in [2.45, 2.75) is 109 Å². The fourth-order valence-corrected chi connectivity index (χ4v) is 10.4. The summed E-state index contributed by atoms with van der Waals surface area (Å²) in [5.41, 5.74) is 2.16. The molecular weight excluding hydrogens is 871 g/mol. The summed E-state index contributed by atoms with van der Waals surface area (Å²) in [7, 11) is 1.51. The molecule has 0 bridgehead atoms. The van der Waals surface area contributed by atoms with E-state index in [1.807, 2.05) is 32.0 Å². The summed E-state index contributed by atoms with van der Waals surface area (Å²) in [6.07, 6.45) is 5.82. The zero-order valence-corrected chi connectivity index (χ0v) is 38.6. The molecule has 66 heavy (non-hydrogen) atoms. The van der Waals surface area contributed by atoms with Gasteiger partial charge in [0.05, 0.1) is 35.7 Å². The van der Waals surface area contributed by atoms with Gasteiger partial charge in [-0.05, 0) is 96.2 Å². The van der Waals surface area contributed by atoms with Crippen LogP contribution in [0.25, 0.3) is 10.9 Å². The molecule has 9 rings (SSSR count). The van der Waals surface area contributed by atoms with Gasteiger partial charge in [-0.25, -0.2) is 9.37 Å². The van der Waals surface area contributed by atoms with E-state index in [9.17, 15) is 24.0 Å². The van der Waals surface area contributed by atoms with Gasteiger partial charge in [-0.2, -0.15) is 4.98 Å². The third-order valence-electron chi connectivity index (χ3n) is 13.8. The maximum Gasteiger partial charge on any atom is 0.293 e. The molecule has 6 heterocycles. The number of imide groups is 1. The van der Waals surface area contributed by atoms with Crippen molar-refractivity contribution in [2.24, 2.45) is 0 Å². The van der Waals surface area contributed by atoms with Crippen molar-refractivity contribution >= 4 is 69.3 Å². The Morgan fingerprint density at radius 3 is 2.48 bits per heavy atom. The number of carbonyl (C=O) groups excluding carboxylic acids is 4. The van der Waals surface area contributed by atoms with Gasteiger partial charge < -0.3 is 39.4 Å². The molecule has 4 aromatic rings. The molecule has 19 heteroatoms. The Balaban J connectivity index is 0.762. The second-order valence-corrected chi connectivity index (χ2v) is 18.7. The Kier molecular flexibility index (Phi) is 12.7. The van der Waals surface area contributed by atoms with E-state index in [0.717, 1.165) is 62.8 Å². The monoisotopic (exact) mass is 926 g/mol. The van der Waals surface area contributed by atoms with E-state index in [-0.39, 0.29) is 78.3 Å². The van der Waals surface area contributed by atoms with E-state index in [1.54, 1.807) is 35.9 Å². The highest BCUT2D eigenvalue weighted by atomic mass is 35.5. The van der Waals surface area contributed by atoms with Crippen LogP contribution in [-0.4, -0.2) is 125 Å². The van der Waals surface area contributed by atoms with Crippen LogP contribution in [0.15, 0.2) is 47.4 Å². The Bertz CT molecular complexity index is 2630. The first-order valence-corrected chi connectivity index (χ1v) is 23.3. The highest BCUT2D eigenvalue weighted by Gasteiger charge is 2.46. The standard InChI is InChI=1S/C47H56ClFN10O7/c1-25(2)58-35-8-6-29(18-28(35)19-38(46(58)64)65-24-40(61)50-5)52-43-34(48)22-51-47(54-43)55-14-12-31(13-15-55)66-32-20-30(21-32)56-16-17-57(26(3)23-56)36-9-7-33-41(42(36)49)27(4)59(45(33)63)37-10-11-39(60)53-44(37)62/h6-9,18-19,22,25-27,30-32,37H,10-17,20-21,23-24H2,1-5H3,(H,50,61)(H,51,52,54)(H,53,60,62)/t26-,27-,30-,32-,37-/m1/s1. The number of piperidine rings is 2. The van der Waals surface area contributed by atoms with Crippen LogP contribution in [0.3, 0.4) is 0 Å². The maximum atomic E-state index is 16.4. The zero-order valence-electron chi connectivity index (χ0n) is 37.8. The Morgan fingerprint density at radius 1 is 1.00 bits per heavy atom. The van der Waals surface area contributed by atoms with Gasteiger partial charge >= 0.3 is 0 Å². The van der Waals surface area contributed by atoms with Crippen LogP contribution in [-0.2, 0) is 19.1 Å². The first-order chi connectivity index (χ1) is 31.7. The number of aromatic nitrogens is 3. The SMILES string of the molecule is CNC(=O)COc1cc2cc(Nc3nc(N4CCC(O[C@H]5C[C@H](N6CCN(c7ccc8c(c7F)[C@@H](C)N([C@@H]7CCC(=O)NC7=O)C8=O)[C@H](C)C6)C5)CC4)ncc3Cl)ccc2n(C(C)C)c1=O. The number of piperazine rings is 1. The summed E-state index contributed by atoms with van der Waals surface area (Å²) in [5.74, 6) is -0.924. The number of pyridine rings is 1. The minimum Gasteiger partial charge on any atom is -0.478 e. The minimum absolute atomic E-state index is 0.0356. The molecule has 350 valence electrons. The summed E-state index contributed by atoms with van der Waals surface area (Å²) in [6.45, 7) is 11.1. The van der Waals surface area contributed by atoms with Crippen LogP contribution in [0, 0.1) is 5.82 Å². The van der Waals surface area contributed by atoms with E-state index in [1.165, 1.54) is 11.9 Å². The minimum atomic E-state index is -0.811. The quantitative estimate of drug-likeness (QED) is 0.160. The summed E-state index contributed by atoms with van der Waals surface area (Å²) in [5, 5.41) is 9.25. The molecule has 0 spiro atoms. The van der Waals surface area contributed by atoms with Crippen LogP contribution in [0.1, 0.15) is 94.2 Å². The van der Waals surface area contributed by atoms with E-state index < -0.39 is 23.8 Å². The second-order valence-electron chi connectivity index (χ2n) is 18.3. The molecular formula is C47H56ClFN10O7. The third-order valence-corrected chi connectivity index (χ3v) is 14.1. The number of benzene rings is 2. The number of hydrogen-bond donors (Lipinski definition) is 3. The molecule has 17 nitrogen and oxygen atoms in total. The van der Waals surface area contributed by atoms with Gasteiger partial charge in [0.25, 0.3) is 17.4 Å². The van der Waals surface area contributed by atoms with Crippen molar-refractivity contribution in [2.75, 3.05) is 61.5 Å². The van der Waals surface area contributed by atoms with Gasteiger partial charge in [-0.15, -0.1) is 0 Å². The van der Waals surface area contributed by atoms with E-state index >= 15 is 4.39 Å². The number of rotatable bonds is 12. The molecule has 2 aromatic carbocycles. The lowest BCUT2D eigenvalue weighted by atomic mass is 9.86. The fraction of sp³-hybridized carbons (Fsp3) is 0.511. The molecule has 3 saturated heterocycles. The van der Waals surface area contributed by atoms with Gasteiger partial charge in [-0.1, -0.05) is 11.6 Å². The van der Waals surface area contributed by atoms with Crippen molar-refractivity contribution < 1.29 is 33.0 Å². The summed E-state index contributed by atoms with van der Waals surface area (Å²) >= 11 is 6.60. The van der Waals surface area contributed by atoms with Crippen LogP contribution < -0.4 is 36.0 Å². The first-order valence-electron chi connectivity index (χ1n) is 22.9. The van der Waals surface area contributed by atoms with Gasteiger partial charge in [0.2, 0.25) is 17.8 Å². The number of anilines is 4. The van der Waals surface area contributed by atoms with Crippen molar-refractivity contribution in [1.29, 1.82) is 0 Å². The van der Waals surface area contributed by atoms with Crippen molar-refractivity contribution in [1.82, 2.24) is 35.0 Å². The summed E-state index contributed by atoms with van der Waals surface area (Å²) in [6, 6.07) is 9.46. The number of amides is 4. The Morgan fingerprint density at radius 2 is 1.77 bits per heavy atom. The van der Waals surface area contributed by atoms with E-state index in [0.29, 0.717) is 46.3 Å². The summed E-state index contributed by atoms with van der Waals surface area (Å²) < 4.78 is 30.3. The topological polar surface area (TPSA) is 184 Å². The van der Waals surface area contributed by atoms with Crippen LogP contribution in [0.4, 0.5) is 27.5 Å². The lowest BCUT2D eigenvalue weighted by molar-refractivity contribution is -0.137. The fourth-order valence-electron chi connectivity index (χ4n) is 10.3. The second kappa shape index (κ2) is 18.4. The number of nitrogens with one attached hydrogen (secondary N) is 3. The van der Waals surface area contributed by atoms with Gasteiger partial charge in [-0.3, -0.25) is 34.2 Å². The molecule has 4 amide bonds. The molecule has 4 aliphatic heterocycles. The number of nitrogens with zero attached hydrogens (tertiary/aromatic N) is 7. The Labute approximate surface area is 386 Å². The smallest absolute Gasteiger partial charge is 0.293 e. The average Bonchev–Trinajstić information content (AvgIpc) is 3.53. The number of fused-ring (bicyclic) bond motifs is 2.